The molecule has 4 amide bonds. The molecule has 0 spiro atoms. The van der Waals surface area contributed by atoms with E-state index in [-0.39, 0.29) is 36.0 Å². The summed E-state index contributed by atoms with van der Waals surface area (Å²) in [4.78, 5) is 49.2. The quantitative estimate of drug-likeness (QED) is 0.260. The molecule has 1 aliphatic carbocycles. The van der Waals surface area contributed by atoms with Crippen molar-refractivity contribution in [1.82, 2.24) is 25.8 Å². The second kappa shape index (κ2) is 12.3. The highest BCUT2D eigenvalue weighted by molar-refractivity contribution is 5.99. The van der Waals surface area contributed by atoms with Crippen molar-refractivity contribution in [3.05, 3.63) is 17.5 Å². The van der Waals surface area contributed by atoms with Gasteiger partial charge in [0.05, 0.1) is 18.7 Å². The molecule has 2 saturated heterocycles. The molecule has 13 heteroatoms. The number of alkyl carbamates (subject to hydrolysis) is 1. The third-order valence-electron chi connectivity index (χ3n) is 7.04. The minimum absolute atomic E-state index is 0.0368. The van der Waals surface area contributed by atoms with Gasteiger partial charge in [0, 0.05) is 24.6 Å². The smallest absolute Gasteiger partial charge is 0.437 e. The van der Waals surface area contributed by atoms with Gasteiger partial charge in [0.15, 0.2) is 0 Å². The van der Waals surface area contributed by atoms with E-state index in [0.717, 1.165) is 37.1 Å². The van der Waals surface area contributed by atoms with Crippen LogP contribution in [-0.4, -0.2) is 75.7 Å². The Kier molecular flexibility index (Phi) is 9.15. The molecule has 2 bridgehead atoms. The number of rotatable bonds is 7. The fourth-order valence-corrected chi connectivity index (χ4v) is 5.10. The van der Waals surface area contributed by atoms with Crippen LogP contribution in [0, 0.1) is 0 Å². The first-order valence-electron chi connectivity index (χ1n) is 14.5. The molecule has 0 unspecified atom stereocenters. The summed E-state index contributed by atoms with van der Waals surface area (Å²) in [5.41, 5.74) is -0.702. The van der Waals surface area contributed by atoms with Crippen LogP contribution >= 0.6 is 0 Å². The van der Waals surface area contributed by atoms with Gasteiger partial charge < -0.3 is 24.2 Å². The number of fused-ring (bicyclic) bond motifs is 2. The normalized spacial score (nSPS) is 24.7. The molecule has 2 atom stereocenters. The van der Waals surface area contributed by atoms with Crippen molar-refractivity contribution in [2.45, 2.75) is 122 Å². The first-order valence-corrected chi connectivity index (χ1v) is 14.5. The number of amides is 4. The molecule has 2 N–H and O–H groups in total. The number of hydrogen-bond donors (Lipinski definition) is 2. The Morgan fingerprint density at radius 3 is 2.49 bits per heavy atom. The molecule has 3 fully saturated rings. The minimum Gasteiger partial charge on any atom is -0.444 e. The first kappa shape index (κ1) is 30.6. The second-order valence-electron chi connectivity index (χ2n) is 12.9. The number of carbonyl (C=O) groups excluding carboxylic acids is 3. The third-order valence-corrected chi connectivity index (χ3v) is 7.04. The van der Waals surface area contributed by atoms with E-state index in [9.17, 15) is 14.4 Å². The molecule has 2 aliphatic heterocycles. The van der Waals surface area contributed by atoms with Crippen molar-refractivity contribution >= 4 is 24.2 Å². The van der Waals surface area contributed by atoms with Crippen molar-refractivity contribution < 1.29 is 33.2 Å². The molecule has 1 saturated carbocycles. The molecule has 3 aliphatic rings. The molecule has 3 heterocycles. The van der Waals surface area contributed by atoms with Crippen LogP contribution in [-0.2, 0) is 14.3 Å². The lowest BCUT2D eigenvalue weighted by atomic mass is 9.78. The topological polar surface area (TPSA) is 148 Å². The van der Waals surface area contributed by atoms with Gasteiger partial charge in [0.25, 0.3) is 0 Å². The van der Waals surface area contributed by atoms with Gasteiger partial charge in [-0.05, 0) is 73.6 Å². The van der Waals surface area contributed by atoms with Gasteiger partial charge in [-0.3, -0.25) is 10.2 Å². The number of piperidine rings is 1. The molecule has 1 aromatic heterocycles. The third kappa shape index (κ3) is 8.11. The van der Waals surface area contributed by atoms with E-state index < -0.39 is 23.4 Å². The van der Waals surface area contributed by atoms with Crippen LogP contribution in [0.2, 0.25) is 0 Å². The molecular formula is C28H44N6O7. The summed E-state index contributed by atoms with van der Waals surface area (Å²) in [5.74, 6) is 0.802. The van der Waals surface area contributed by atoms with E-state index in [1.54, 1.807) is 46.6 Å². The van der Waals surface area contributed by atoms with Crippen LogP contribution in [0.1, 0.15) is 110 Å². The molecule has 228 valence electrons. The van der Waals surface area contributed by atoms with E-state index in [4.69, 9.17) is 18.8 Å². The molecule has 13 nitrogen and oxygen atoms in total. The summed E-state index contributed by atoms with van der Waals surface area (Å²) in [6.07, 6.45) is 3.35. The van der Waals surface area contributed by atoms with Gasteiger partial charge in [0.2, 0.25) is 5.96 Å². The van der Waals surface area contributed by atoms with Crippen molar-refractivity contribution in [3.8, 4) is 0 Å². The highest BCUT2D eigenvalue weighted by Gasteiger charge is 2.47. The number of aromatic nitrogens is 1. The maximum Gasteiger partial charge on any atom is 0.437 e. The Hall–Kier alpha value is -3.35. The molecule has 0 radical (unpaired) electrons. The summed E-state index contributed by atoms with van der Waals surface area (Å²) in [6, 6.07) is 1.69. The van der Waals surface area contributed by atoms with E-state index in [1.165, 1.54) is 0 Å². The van der Waals surface area contributed by atoms with Crippen molar-refractivity contribution in [3.63, 3.8) is 0 Å². The van der Waals surface area contributed by atoms with Gasteiger partial charge in [-0.1, -0.05) is 18.5 Å². The molecule has 0 aromatic carbocycles. The Bertz CT molecular complexity index is 1130. The van der Waals surface area contributed by atoms with Gasteiger partial charge in [0.1, 0.15) is 22.7 Å². The van der Waals surface area contributed by atoms with E-state index in [1.807, 2.05) is 11.0 Å². The Morgan fingerprint density at radius 2 is 1.83 bits per heavy atom. The standard InChI is InChI=1S/C28H44N6O7/c1-8-9-12-38-34-19-10-11-21(33(16-19)26(34)37)20-15-22(41-32-20)17-13-18(14-17)29-23(30-24(35)39-27(2,3)4)31-25(36)40-28(5,6)7/h15,17-19,21H,8-14,16H2,1-7H3,(H2,29,30,31,35,36)/t17-,18+,19-,21-/m0/s1. The average molecular weight is 577 g/mol. The number of carbonyl (C=O) groups is 3. The van der Waals surface area contributed by atoms with E-state index in [0.29, 0.717) is 26.0 Å². The predicted molar refractivity (Wildman–Crippen MR) is 149 cm³/mol. The number of ether oxygens (including phenoxy) is 2. The molecular weight excluding hydrogens is 532 g/mol. The van der Waals surface area contributed by atoms with Gasteiger partial charge in [-0.25, -0.2) is 14.4 Å². The minimum atomic E-state index is -0.827. The number of hydroxylamine groups is 2. The van der Waals surface area contributed by atoms with E-state index in [2.05, 4.69) is 27.7 Å². The van der Waals surface area contributed by atoms with Crippen LogP contribution in [0.5, 0.6) is 0 Å². The zero-order valence-electron chi connectivity index (χ0n) is 25.2. The summed E-state index contributed by atoms with van der Waals surface area (Å²) >= 11 is 0. The maximum absolute atomic E-state index is 13.0. The van der Waals surface area contributed by atoms with Crippen molar-refractivity contribution in [1.29, 1.82) is 0 Å². The number of nitrogens with one attached hydrogen (secondary N) is 2. The second-order valence-corrected chi connectivity index (χ2v) is 12.9. The summed E-state index contributed by atoms with van der Waals surface area (Å²) in [5, 5.41) is 11.5. The largest absolute Gasteiger partial charge is 0.444 e. The summed E-state index contributed by atoms with van der Waals surface area (Å²) in [6.45, 7) is 13.7. The molecule has 4 rings (SSSR count). The Balaban J connectivity index is 1.34. The molecule has 1 aromatic rings. The number of guanidine groups is 1. The van der Waals surface area contributed by atoms with Gasteiger partial charge in [-0.2, -0.15) is 5.06 Å². The first-order chi connectivity index (χ1) is 19.2. The fraction of sp³-hybridized carbons (Fsp3) is 0.750. The zero-order valence-corrected chi connectivity index (χ0v) is 25.2. The van der Waals surface area contributed by atoms with Crippen molar-refractivity contribution in [2.24, 2.45) is 4.99 Å². The summed E-state index contributed by atoms with van der Waals surface area (Å²) in [7, 11) is 0. The van der Waals surface area contributed by atoms with Crippen molar-refractivity contribution in [2.75, 3.05) is 13.2 Å². The molecule has 41 heavy (non-hydrogen) atoms. The highest BCUT2D eigenvalue weighted by atomic mass is 16.7. The van der Waals surface area contributed by atoms with Crippen LogP contribution in [0.15, 0.2) is 15.6 Å². The van der Waals surface area contributed by atoms with Gasteiger partial charge in [-0.15, -0.1) is 4.99 Å². The average Bonchev–Trinajstić information content (AvgIpc) is 3.38. The van der Waals surface area contributed by atoms with Crippen LogP contribution in [0.4, 0.5) is 14.4 Å². The van der Waals surface area contributed by atoms with Crippen LogP contribution < -0.4 is 10.6 Å². The SMILES string of the molecule is CCCCON1C(=O)N2C[C@@H]1CC[C@H]2c1cc([C@H]2C[C@@H](N/C(=N\C(=O)OC(C)(C)C)NC(=O)OC(C)(C)C)C2)on1. The highest BCUT2D eigenvalue weighted by Crippen LogP contribution is 2.41. The Labute approximate surface area is 241 Å². The number of urea groups is 1. The zero-order chi connectivity index (χ0) is 29.9. The number of aliphatic imine (C=N–C) groups is 1. The van der Waals surface area contributed by atoms with Crippen LogP contribution in [0.3, 0.4) is 0 Å². The predicted octanol–water partition coefficient (Wildman–Crippen LogP) is 5.00. The van der Waals surface area contributed by atoms with Crippen LogP contribution in [0.25, 0.3) is 0 Å². The number of unbranched alkanes of at least 4 members (excludes halogenated alkanes) is 1. The number of nitrogens with zero attached hydrogens (tertiary/aromatic N) is 4. The lowest BCUT2D eigenvalue weighted by molar-refractivity contribution is -0.130. The Morgan fingerprint density at radius 1 is 1.12 bits per heavy atom. The monoisotopic (exact) mass is 576 g/mol. The van der Waals surface area contributed by atoms with E-state index >= 15 is 0 Å². The maximum atomic E-state index is 13.0. The lowest BCUT2D eigenvalue weighted by Gasteiger charge is -2.35. The number of hydrogen-bond acceptors (Lipinski definition) is 8. The lowest BCUT2D eigenvalue weighted by Crippen LogP contribution is -2.51. The van der Waals surface area contributed by atoms with Gasteiger partial charge >= 0.3 is 18.2 Å². The summed E-state index contributed by atoms with van der Waals surface area (Å²) < 4.78 is 16.3. The fourth-order valence-electron chi connectivity index (χ4n) is 5.10.